The van der Waals surface area contributed by atoms with Crippen molar-refractivity contribution in [2.75, 3.05) is 14.2 Å². The molecule has 0 radical (unpaired) electrons. The van der Waals surface area contributed by atoms with Crippen molar-refractivity contribution in [2.24, 2.45) is 5.73 Å². The van der Waals surface area contributed by atoms with Gasteiger partial charge >= 0.3 is 0 Å². The summed E-state index contributed by atoms with van der Waals surface area (Å²) in [5, 5.41) is 4.24. The van der Waals surface area contributed by atoms with Crippen molar-refractivity contribution < 1.29 is 9.47 Å². The van der Waals surface area contributed by atoms with Crippen LogP contribution in [0, 0.1) is 0 Å². The van der Waals surface area contributed by atoms with Gasteiger partial charge in [-0.3, -0.25) is 4.68 Å². The molecule has 5 heteroatoms. The maximum absolute atomic E-state index is 6.30. The Labute approximate surface area is 112 Å². The van der Waals surface area contributed by atoms with Crippen molar-refractivity contribution in [1.82, 2.24) is 9.78 Å². The summed E-state index contributed by atoms with van der Waals surface area (Å²) in [6.07, 6.45) is 3.73. The van der Waals surface area contributed by atoms with Crippen molar-refractivity contribution in [1.29, 1.82) is 0 Å². The van der Waals surface area contributed by atoms with Crippen LogP contribution in [0.4, 0.5) is 0 Å². The Morgan fingerprint density at radius 3 is 2.68 bits per heavy atom. The van der Waals surface area contributed by atoms with Gasteiger partial charge in [0.05, 0.1) is 26.5 Å². The van der Waals surface area contributed by atoms with Gasteiger partial charge < -0.3 is 15.2 Å². The monoisotopic (exact) mass is 261 g/mol. The summed E-state index contributed by atoms with van der Waals surface area (Å²) in [7, 11) is 3.26. The largest absolute Gasteiger partial charge is 0.497 e. The Hall–Kier alpha value is -2.01. The highest BCUT2D eigenvalue weighted by Crippen LogP contribution is 2.31. The van der Waals surface area contributed by atoms with Crippen LogP contribution in [-0.2, 0) is 6.54 Å². The predicted octanol–water partition coefficient (Wildman–Crippen LogP) is 1.97. The molecule has 0 aliphatic heterocycles. The first kappa shape index (κ1) is 13.4. The fourth-order valence-corrected chi connectivity index (χ4v) is 1.98. The average Bonchev–Trinajstić information content (AvgIpc) is 2.94. The van der Waals surface area contributed by atoms with E-state index in [0.717, 1.165) is 29.2 Å². The minimum Gasteiger partial charge on any atom is -0.497 e. The summed E-state index contributed by atoms with van der Waals surface area (Å²) in [6, 6.07) is 5.32. The molecule has 0 spiro atoms. The highest BCUT2D eigenvalue weighted by atomic mass is 16.5. The third-order valence-corrected chi connectivity index (χ3v) is 3.11. The molecular formula is C14H19N3O2. The van der Waals surface area contributed by atoms with Gasteiger partial charge in [-0.1, -0.05) is 0 Å². The molecule has 0 amide bonds. The van der Waals surface area contributed by atoms with E-state index < -0.39 is 0 Å². The average molecular weight is 261 g/mol. The lowest BCUT2D eigenvalue weighted by Crippen LogP contribution is -2.12. The quantitative estimate of drug-likeness (QED) is 0.893. The molecule has 2 rings (SSSR count). The summed E-state index contributed by atoms with van der Waals surface area (Å²) in [6.45, 7) is 2.86. The van der Waals surface area contributed by atoms with Gasteiger partial charge in [0.15, 0.2) is 0 Å². The topological polar surface area (TPSA) is 62.3 Å². The number of hydrogen-bond acceptors (Lipinski definition) is 4. The standard InChI is InChI=1S/C14H19N3O2/c1-4-17-9-10(8-16-17)14(15)12-7-11(18-2)5-6-13(12)19-3/h5-9,14H,4,15H2,1-3H3. The number of ether oxygens (including phenoxy) is 2. The van der Waals surface area contributed by atoms with E-state index >= 15 is 0 Å². The SMILES string of the molecule is CCn1cc(C(N)c2cc(OC)ccc2OC)cn1. The Morgan fingerprint density at radius 2 is 2.11 bits per heavy atom. The second kappa shape index (κ2) is 5.75. The smallest absolute Gasteiger partial charge is 0.124 e. The number of methoxy groups -OCH3 is 2. The van der Waals surface area contributed by atoms with Crippen LogP contribution in [0.5, 0.6) is 11.5 Å². The van der Waals surface area contributed by atoms with E-state index in [1.54, 1.807) is 20.4 Å². The zero-order valence-electron chi connectivity index (χ0n) is 11.5. The first-order valence-corrected chi connectivity index (χ1v) is 6.19. The van der Waals surface area contributed by atoms with Crippen LogP contribution in [0.2, 0.25) is 0 Å². The molecule has 0 aliphatic rings. The summed E-state index contributed by atoms with van der Waals surface area (Å²) in [5.41, 5.74) is 8.13. The molecular weight excluding hydrogens is 242 g/mol. The molecule has 1 aromatic heterocycles. The minimum absolute atomic E-state index is 0.287. The van der Waals surface area contributed by atoms with Crippen molar-refractivity contribution in [3.63, 3.8) is 0 Å². The number of aromatic nitrogens is 2. The van der Waals surface area contributed by atoms with Crippen molar-refractivity contribution >= 4 is 0 Å². The van der Waals surface area contributed by atoms with Gasteiger partial charge in [-0.15, -0.1) is 0 Å². The first-order chi connectivity index (χ1) is 9.19. The third-order valence-electron chi connectivity index (χ3n) is 3.11. The minimum atomic E-state index is -0.287. The van der Waals surface area contributed by atoms with Gasteiger partial charge in [0.2, 0.25) is 0 Å². The molecule has 0 saturated carbocycles. The summed E-state index contributed by atoms with van der Waals surface area (Å²) >= 11 is 0. The molecule has 2 N–H and O–H groups in total. The molecule has 5 nitrogen and oxygen atoms in total. The molecule has 19 heavy (non-hydrogen) atoms. The van der Waals surface area contributed by atoms with Crippen LogP contribution in [0.1, 0.15) is 24.1 Å². The zero-order chi connectivity index (χ0) is 13.8. The zero-order valence-corrected chi connectivity index (χ0v) is 11.5. The van der Waals surface area contributed by atoms with Gasteiger partial charge in [-0.05, 0) is 25.1 Å². The van der Waals surface area contributed by atoms with Crippen LogP contribution in [-0.4, -0.2) is 24.0 Å². The van der Waals surface area contributed by atoms with Crippen LogP contribution in [0.3, 0.4) is 0 Å². The van der Waals surface area contributed by atoms with Gasteiger partial charge in [0, 0.05) is 23.9 Å². The molecule has 1 unspecified atom stereocenters. The lowest BCUT2D eigenvalue weighted by atomic mass is 10.0. The molecule has 2 aromatic rings. The van der Waals surface area contributed by atoms with Crippen LogP contribution < -0.4 is 15.2 Å². The molecule has 1 atom stereocenters. The van der Waals surface area contributed by atoms with Crippen molar-refractivity contribution in [3.8, 4) is 11.5 Å². The molecule has 1 aromatic carbocycles. The Morgan fingerprint density at radius 1 is 1.32 bits per heavy atom. The van der Waals surface area contributed by atoms with Gasteiger partial charge in [-0.25, -0.2) is 0 Å². The predicted molar refractivity (Wildman–Crippen MR) is 73.5 cm³/mol. The number of aryl methyl sites for hydroxylation is 1. The summed E-state index contributed by atoms with van der Waals surface area (Å²) in [5.74, 6) is 1.51. The summed E-state index contributed by atoms with van der Waals surface area (Å²) < 4.78 is 12.4. The van der Waals surface area contributed by atoms with E-state index in [4.69, 9.17) is 15.2 Å². The lowest BCUT2D eigenvalue weighted by Gasteiger charge is -2.15. The Balaban J connectivity index is 2.38. The van der Waals surface area contributed by atoms with E-state index in [9.17, 15) is 0 Å². The number of benzene rings is 1. The third kappa shape index (κ3) is 2.71. The fraction of sp³-hybridized carbons (Fsp3) is 0.357. The van der Waals surface area contributed by atoms with Crippen molar-refractivity contribution in [3.05, 3.63) is 41.7 Å². The number of nitrogens with two attached hydrogens (primary N) is 1. The van der Waals surface area contributed by atoms with Crippen LogP contribution in [0.15, 0.2) is 30.6 Å². The Kier molecular flexibility index (Phi) is 4.06. The van der Waals surface area contributed by atoms with Crippen molar-refractivity contribution in [2.45, 2.75) is 19.5 Å². The summed E-state index contributed by atoms with van der Waals surface area (Å²) in [4.78, 5) is 0. The maximum atomic E-state index is 6.30. The molecule has 0 aliphatic carbocycles. The highest BCUT2D eigenvalue weighted by molar-refractivity contribution is 5.45. The highest BCUT2D eigenvalue weighted by Gasteiger charge is 2.16. The number of nitrogens with zero attached hydrogens (tertiary/aromatic N) is 2. The van der Waals surface area contributed by atoms with E-state index in [-0.39, 0.29) is 6.04 Å². The van der Waals surface area contributed by atoms with Gasteiger partial charge in [-0.2, -0.15) is 5.10 Å². The molecule has 0 bridgehead atoms. The molecule has 0 saturated heterocycles. The Bertz CT molecular complexity index is 551. The fourth-order valence-electron chi connectivity index (χ4n) is 1.98. The second-order valence-corrected chi connectivity index (χ2v) is 4.21. The first-order valence-electron chi connectivity index (χ1n) is 6.19. The van der Waals surface area contributed by atoms with Crippen LogP contribution >= 0.6 is 0 Å². The van der Waals surface area contributed by atoms with E-state index in [2.05, 4.69) is 5.10 Å². The number of hydrogen-bond donors (Lipinski definition) is 1. The second-order valence-electron chi connectivity index (χ2n) is 4.21. The van der Waals surface area contributed by atoms with Gasteiger partial charge in [0.1, 0.15) is 11.5 Å². The molecule has 1 heterocycles. The normalized spacial score (nSPS) is 12.2. The van der Waals surface area contributed by atoms with E-state index in [1.165, 1.54) is 0 Å². The van der Waals surface area contributed by atoms with Crippen LogP contribution in [0.25, 0.3) is 0 Å². The number of rotatable bonds is 5. The molecule has 102 valence electrons. The van der Waals surface area contributed by atoms with Gasteiger partial charge in [0.25, 0.3) is 0 Å². The van der Waals surface area contributed by atoms with E-state index in [0.29, 0.717) is 0 Å². The lowest BCUT2D eigenvalue weighted by molar-refractivity contribution is 0.397. The van der Waals surface area contributed by atoms with E-state index in [1.807, 2.05) is 36.0 Å². The maximum Gasteiger partial charge on any atom is 0.124 e. The molecule has 0 fully saturated rings.